The lowest BCUT2D eigenvalue weighted by atomic mass is 9.83. The predicted molar refractivity (Wildman–Crippen MR) is 149 cm³/mol. The van der Waals surface area contributed by atoms with E-state index in [9.17, 15) is 36.0 Å². The van der Waals surface area contributed by atoms with Gasteiger partial charge in [0.15, 0.2) is 0 Å². The van der Waals surface area contributed by atoms with Gasteiger partial charge in [0.1, 0.15) is 11.6 Å². The van der Waals surface area contributed by atoms with Crippen molar-refractivity contribution in [2.45, 2.75) is 49.7 Å². The van der Waals surface area contributed by atoms with Crippen molar-refractivity contribution in [1.82, 2.24) is 14.9 Å². The monoisotopic (exact) mass is 641 g/mol. The number of alkyl halides is 3. The number of rotatable bonds is 8. The van der Waals surface area contributed by atoms with Crippen LogP contribution >= 0.6 is 0 Å². The van der Waals surface area contributed by atoms with Gasteiger partial charge in [0.2, 0.25) is 5.91 Å². The first-order valence-corrected chi connectivity index (χ1v) is 15.5. The van der Waals surface area contributed by atoms with E-state index in [1.807, 2.05) is 0 Å². The normalized spacial score (nSPS) is 25.4. The zero-order valence-corrected chi connectivity index (χ0v) is 24.4. The van der Waals surface area contributed by atoms with Gasteiger partial charge in [0.25, 0.3) is 5.91 Å². The average molecular weight is 642 g/mol. The van der Waals surface area contributed by atoms with E-state index in [0.29, 0.717) is 22.7 Å². The van der Waals surface area contributed by atoms with Gasteiger partial charge in [-0.15, -0.1) is 0 Å². The van der Waals surface area contributed by atoms with E-state index in [-0.39, 0.29) is 47.2 Å². The quantitative estimate of drug-likeness (QED) is 0.373. The molecule has 0 spiro atoms. The Bertz CT molecular complexity index is 1570. The molecule has 15 heteroatoms. The topological polar surface area (TPSA) is 142 Å². The Morgan fingerprint density at radius 1 is 1.02 bits per heavy atom. The maximum absolute atomic E-state index is 15.0. The van der Waals surface area contributed by atoms with Gasteiger partial charge in [0.05, 0.1) is 24.2 Å². The van der Waals surface area contributed by atoms with Crippen molar-refractivity contribution in [2.75, 3.05) is 20.2 Å². The molecular formula is C29H31F4N3O7S. The summed E-state index contributed by atoms with van der Waals surface area (Å²) >= 11 is 0. The van der Waals surface area contributed by atoms with Crippen LogP contribution in [0.4, 0.5) is 17.6 Å². The largest absolute Gasteiger partial charge is 0.511 e. The molecule has 238 valence electrons. The third kappa shape index (κ3) is 5.99. The first kappa shape index (κ1) is 31.7. The predicted octanol–water partition coefficient (Wildman–Crippen LogP) is 3.77. The van der Waals surface area contributed by atoms with E-state index in [0.717, 1.165) is 18.9 Å². The molecule has 10 nitrogen and oxygen atoms in total. The number of methoxy groups -OCH3 is 1. The zero-order chi connectivity index (χ0) is 32.0. The standard InChI is InChI=1S/C29H31F4N3O7S/c1-43-23-13-22(30)20(15-4-6-16(7-5-15)28(39)40)12-21(23)26(37)35-25-18-9-8-17(11-18)24(25)27(38)34-19-3-2-10-36(14-19)44(41,42)29(31,32)33/h4-7,12-13,17-19,24-25H,2-3,8-11,14H2,1H3,(H,34,38)(H,35,37)(H,39,40)/t17-,18+,19-,24+,25-/m0/s1. The highest BCUT2D eigenvalue weighted by molar-refractivity contribution is 7.90. The van der Waals surface area contributed by atoms with Crippen molar-refractivity contribution in [3.63, 3.8) is 0 Å². The Morgan fingerprint density at radius 3 is 2.34 bits per heavy atom. The Labute approximate surface area is 250 Å². The third-order valence-electron chi connectivity index (χ3n) is 8.86. The van der Waals surface area contributed by atoms with E-state index in [1.54, 1.807) is 0 Å². The molecule has 5 atom stereocenters. The van der Waals surface area contributed by atoms with Crippen LogP contribution in [0.5, 0.6) is 5.75 Å². The molecule has 0 radical (unpaired) electrons. The SMILES string of the molecule is COc1cc(F)c(-c2ccc(C(=O)O)cc2)cc1C(=O)N[C@H]1[C@@H]2CC[C@@H](C2)[C@H]1C(=O)N[C@H]1CCCN(S(=O)(=O)C(F)(F)F)C1. The minimum Gasteiger partial charge on any atom is -0.496 e. The third-order valence-corrected chi connectivity index (χ3v) is 10.5. The summed E-state index contributed by atoms with van der Waals surface area (Å²) in [4.78, 5) is 38.3. The molecule has 44 heavy (non-hydrogen) atoms. The Hall–Kier alpha value is -3.72. The molecular weight excluding hydrogens is 610 g/mol. The lowest BCUT2D eigenvalue weighted by Gasteiger charge is -2.35. The van der Waals surface area contributed by atoms with Gasteiger partial charge in [-0.25, -0.2) is 17.6 Å². The smallest absolute Gasteiger partial charge is 0.496 e. The summed E-state index contributed by atoms with van der Waals surface area (Å²) in [6.07, 6.45) is 2.58. The first-order chi connectivity index (χ1) is 20.7. The number of nitrogens with one attached hydrogen (secondary N) is 2. The summed E-state index contributed by atoms with van der Waals surface area (Å²) in [5.41, 5.74) is -5.08. The zero-order valence-electron chi connectivity index (χ0n) is 23.6. The number of hydrogen-bond acceptors (Lipinski definition) is 6. The maximum atomic E-state index is 15.0. The number of fused-ring (bicyclic) bond motifs is 2. The number of aromatic carboxylic acids is 1. The second kappa shape index (κ2) is 12.0. The Balaban J connectivity index is 1.34. The highest BCUT2D eigenvalue weighted by Gasteiger charge is 2.53. The number of amides is 2. The minimum atomic E-state index is -5.53. The number of sulfonamides is 1. The first-order valence-electron chi connectivity index (χ1n) is 14.1. The fourth-order valence-corrected chi connectivity index (χ4v) is 7.78. The van der Waals surface area contributed by atoms with Crippen LogP contribution in [0.25, 0.3) is 11.1 Å². The van der Waals surface area contributed by atoms with E-state index < -0.39 is 63.7 Å². The number of nitrogens with zero attached hydrogens (tertiary/aromatic N) is 1. The second-order valence-electron chi connectivity index (χ2n) is 11.4. The number of benzene rings is 2. The van der Waals surface area contributed by atoms with E-state index in [1.165, 1.54) is 37.4 Å². The number of hydrogen-bond donors (Lipinski definition) is 3. The van der Waals surface area contributed by atoms with Crippen molar-refractivity contribution < 1.29 is 50.2 Å². The minimum absolute atomic E-state index is 0.00384. The van der Waals surface area contributed by atoms with Gasteiger partial charge in [0, 0.05) is 36.8 Å². The summed E-state index contributed by atoms with van der Waals surface area (Å²) in [5.74, 6) is -3.81. The number of carboxylic acids is 1. The molecule has 2 amide bonds. The maximum Gasteiger partial charge on any atom is 0.511 e. The molecule has 2 saturated carbocycles. The molecule has 2 aliphatic carbocycles. The van der Waals surface area contributed by atoms with Crippen LogP contribution in [-0.2, 0) is 14.8 Å². The van der Waals surface area contributed by atoms with Gasteiger partial charge in [-0.05, 0) is 67.7 Å². The van der Waals surface area contributed by atoms with Gasteiger partial charge < -0.3 is 20.5 Å². The van der Waals surface area contributed by atoms with Gasteiger partial charge in [-0.2, -0.15) is 17.5 Å². The van der Waals surface area contributed by atoms with Gasteiger partial charge in [-0.3, -0.25) is 9.59 Å². The molecule has 1 saturated heterocycles. The molecule has 3 N–H and O–H groups in total. The molecule has 1 aliphatic heterocycles. The summed E-state index contributed by atoms with van der Waals surface area (Å²) < 4.78 is 83.8. The fraction of sp³-hybridized carbons (Fsp3) is 0.483. The number of piperidine rings is 1. The lowest BCUT2D eigenvalue weighted by molar-refractivity contribution is -0.128. The van der Waals surface area contributed by atoms with Crippen molar-refractivity contribution in [1.29, 1.82) is 0 Å². The van der Waals surface area contributed by atoms with Crippen LogP contribution in [0.3, 0.4) is 0 Å². The number of carbonyl (C=O) groups is 3. The van der Waals surface area contributed by atoms with Crippen LogP contribution in [-0.4, -0.2) is 73.4 Å². The number of carboxylic acid groups (broad SMARTS) is 1. The Kier molecular flexibility index (Phi) is 8.64. The van der Waals surface area contributed by atoms with Gasteiger partial charge in [-0.1, -0.05) is 12.1 Å². The summed E-state index contributed by atoms with van der Waals surface area (Å²) in [6.45, 7) is -0.805. The van der Waals surface area contributed by atoms with Crippen LogP contribution in [0.2, 0.25) is 0 Å². The summed E-state index contributed by atoms with van der Waals surface area (Å²) in [5, 5.41) is 14.8. The number of ether oxygens (including phenoxy) is 1. The van der Waals surface area contributed by atoms with E-state index >= 15 is 4.39 Å². The molecule has 5 rings (SSSR count). The van der Waals surface area contributed by atoms with Crippen molar-refractivity contribution in [2.24, 2.45) is 17.8 Å². The molecule has 3 fully saturated rings. The number of halogens is 4. The molecule has 1 heterocycles. The second-order valence-corrected chi connectivity index (χ2v) is 13.4. The average Bonchev–Trinajstić information content (AvgIpc) is 3.58. The van der Waals surface area contributed by atoms with Crippen LogP contribution < -0.4 is 15.4 Å². The fourth-order valence-electron chi connectivity index (χ4n) is 6.74. The van der Waals surface area contributed by atoms with Crippen LogP contribution in [0, 0.1) is 23.6 Å². The van der Waals surface area contributed by atoms with Crippen LogP contribution in [0.1, 0.15) is 52.8 Å². The van der Waals surface area contributed by atoms with Crippen molar-refractivity contribution >= 4 is 27.8 Å². The van der Waals surface area contributed by atoms with E-state index in [2.05, 4.69) is 10.6 Å². The highest BCUT2D eigenvalue weighted by Crippen LogP contribution is 2.49. The lowest BCUT2D eigenvalue weighted by Crippen LogP contribution is -2.56. The Morgan fingerprint density at radius 2 is 1.70 bits per heavy atom. The molecule has 2 bridgehead atoms. The highest BCUT2D eigenvalue weighted by atomic mass is 32.2. The summed E-state index contributed by atoms with van der Waals surface area (Å²) in [7, 11) is -4.26. The van der Waals surface area contributed by atoms with Crippen LogP contribution in [0.15, 0.2) is 36.4 Å². The van der Waals surface area contributed by atoms with E-state index in [4.69, 9.17) is 9.84 Å². The summed E-state index contributed by atoms with van der Waals surface area (Å²) in [6, 6.07) is 6.35. The van der Waals surface area contributed by atoms with Gasteiger partial charge >= 0.3 is 21.5 Å². The van der Waals surface area contributed by atoms with Crippen molar-refractivity contribution in [3.8, 4) is 16.9 Å². The molecule has 0 unspecified atom stereocenters. The number of carbonyl (C=O) groups excluding carboxylic acids is 2. The van der Waals surface area contributed by atoms with Crippen molar-refractivity contribution in [3.05, 3.63) is 53.3 Å². The molecule has 2 aromatic rings. The molecule has 3 aliphatic rings. The molecule has 2 aromatic carbocycles. The molecule has 0 aromatic heterocycles.